The summed E-state index contributed by atoms with van der Waals surface area (Å²) >= 11 is 0. The Morgan fingerprint density at radius 1 is 0.825 bits per heavy atom. The van der Waals surface area contributed by atoms with Gasteiger partial charge in [-0.15, -0.1) is 0 Å². The summed E-state index contributed by atoms with van der Waals surface area (Å²) in [4.78, 5) is 57.0. The largest absolute Gasteiger partial charge is 0.449 e. The minimum atomic E-state index is -1.38. The number of rotatable bonds is 7. The molecule has 0 radical (unpaired) electrons. The molecule has 2 atom stereocenters. The lowest BCUT2D eigenvalue weighted by Gasteiger charge is -2.30. The van der Waals surface area contributed by atoms with Crippen LogP contribution in [0.5, 0.6) is 0 Å². The molecule has 0 saturated carbocycles. The van der Waals surface area contributed by atoms with Gasteiger partial charge < -0.3 is 19.6 Å². The number of hydrogen-bond donors (Lipinski definition) is 1. The molecular formula is C31H30N2O7. The van der Waals surface area contributed by atoms with Gasteiger partial charge in [-0.25, -0.2) is 9.59 Å². The molecule has 3 amide bonds. The van der Waals surface area contributed by atoms with Crippen molar-refractivity contribution in [3.63, 3.8) is 0 Å². The molecule has 0 spiro atoms. The summed E-state index contributed by atoms with van der Waals surface area (Å²) in [5.74, 6) is -2.75. The van der Waals surface area contributed by atoms with Crippen LogP contribution in [0.2, 0.25) is 0 Å². The molecule has 1 N–H and O–H groups in total. The molecule has 1 heterocycles. The van der Waals surface area contributed by atoms with Gasteiger partial charge in [-0.05, 0) is 62.1 Å². The van der Waals surface area contributed by atoms with E-state index < -0.39 is 41.6 Å². The van der Waals surface area contributed by atoms with Crippen LogP contribution >= 0.6 is 0 Å². The predicted octanol–water partition coefficient (Wildman–Crippen LogP) is 4.85. The smallest absolute Gasteiger partial charge is 0.407 e. The molecule has 9 heteroatoms. The number of benzene rings is 3. The molecular weight excluding hydrogens is 512 g/mol. The van der Waals surface area contributed by atoms with Gasteiger partial charge in [0.15, 0.2) is 6.04 Å². The molecule has 1 aliphatic carbocycles. The third kappa shape index (κ3) is 5.20. The van der Waals surface area contributed by atoms with Gasteiger partial charge >= 0.3 is 12.1 Å². The minimum Gasteiger partial charge on any atom is -0.449 e. The van der Waals surface area contributed by atoms with Gasteiger partial charge in [0.25, 0.3) is 11.8 Å². The molecule has 3 aromatic carbocycles. The first kappa shape index (κ1) is 27.1. The Morgan fingerprint density at radius 2 is 1.30 bits per heavy atom. The van der Waals surface area contributed by atoms with E-state index in [4.69, 9.17) is 14.3 Å². The molecule has 206 valence electrons. The molecule has 3 aromatic rings. The van der Waals surface area contributed by atoms with Crippen LogP contribution in [0.3, 0.4) is 0 Å². The summed E-state index contributed by atoms with van der Waals surface area (Å²) in [6.07, 6.45) is -1.75. The van der Waals surface area contributed by atoms with E-state index in [0.717, 1.165) is 22.3 Å². The number of hydroxylamine groups is 2. The number of imide groups is 1. The number of hydrogen-bond acceptors (Lipinski definition) is 7. The fraction of sp³-hybridized carbons (Fsp3) is 0.290. The van der Waals surface area contributed by atoms with Gasteiger partial charge in [-0.3, -0.25) is 9.59 Å². The van der Waals surface area contributed by atoms with Crippen molar-refractivity contribution in [1.82, 2.24) is 10.4 Å². The Bertz CT molecular complexity index is 1410. The molecule has 0 aromatic heterocycles. The zero-order chi connectivity index (χ0) is 28.6. The van der Waals surface area contributed by atoms with Crippen molar-refractivity contribution in [3.05, 3.63) is 95.1 Å². The first-order valence-corrected chi connectivity index (χ1v) is 13.0. The lowest BCUT2D eigenvalue weighted by Crippen LogP contribution is -2.53. The summed E-state index contributed by atoms with van der Waals surface area (Å²) < 4.78 is 11.5. The highest BCUT2D eigenvalue weighted by atomic mass is 16.7. The van der Waals surface area contributed by atoms with E-state index in [9.17, 15) is 19.2 Å². The minimum absolute atomic E-state index is 0.0363. The van der Waals surface area contributed by atoms with Crippen LogP contribution in [0.15, 0.2) is 72.8 Å². The number of amides is 3. The zero-order valence-corrected chi connectivity index (χ0v) is 22.7. The quantitative estimate of drug-likeness (QED) is 0.425. The van der Waals surface area contributed by atoms with Crippen molar-refractivity contribution < 1.29 is 33.5 Å². The molecule has 9 nitrogen and oxygen atoms in total. The first-order valence-electron chi connectivity index (χ1n) is 13.0. The second-order valence-corrected chi connectivity index (χ2v) is 10.7. The predicted molar refractivity (Wildman–Crippen MR) is 145 cm³/mol. The van der Waals surface area contributed by atoms with Crippen LogP contribution in [0.4, 0.5) is 4.79 Å². The molecule has 40 heavy (non-hydrogen) atoms. The Morgan fingerprint density at radius 3 is 1.80 bits per heavy atom. The Hall–Kier alpha value is -4.50. The van der Waals surface area contributed by atoms with Crippen LogP contribution in [-0.2, 0) is 19.1 Å². The van der Waals surface area contributed by atoms with E-state index >= 15 is 0 Å². The number of nitrogens with zero attached hydrogens (tertiary/aromatic N) is 1. The fourth-order valence-electron chi connectivity index (χ4n) is 5.16. The van der Waals surface area contributed by atoms with Gasteiger partial charge in [-0.1, -0.05) is 65.7 Å². The summed E-state index contributed by atoms with van der Waals surface area (Å²) in [5, 5.41) is 2.93. The maximum absolute atomic E-state index is 13.3. The highest BCUT2D eigenvalue weighted by molar-refractivity contribution is 6.21. The highest BCUT2D eigenvalue weighted by Crippen LogP contribution is 2.44. The monoisotopic (exact) mass is 542 g/mol. The second-order valence-electron chi connectivity index (χ2n) is 10.7. The van der Waals surface area contributed by atoms with E-state index in [1.54, 1.807) is 39.8 Å². The standard InChI is InChI=1S/C31H30N2O7/c1-18(39-31(2,3)4)26(29(36)40-33-27(34)23-15-9-10-16-24(23)28(33)35)32-30(37)38-17-25-21-13-7-5-11-19(21)20-12-6-8-14-22(20)25/h5-16,18,25-26H,17H2,1-4H3,(H,32,37)/t18-,26+/m1/s1. The fourth-order valence-corrected chi connectivity index (χ4v) is 5.16. The highest BCUT2D eigenvalue weighted by Gasteiger charge is 2.42. The number of alkyl carbamates (subject to hydrolysis) is 1. The van der Waals surface area contributed by atoms with E-state index in [1.165, 1.54) is 12.1 Å². The molecule has 2 aliphatic rings. The maximum Gasteiger partial charge on any atom is 0.407 e. The van der Waals surface area contributed by atoms with Crippen molar-refractivity contribution in [1.29, 1.82) is 0 Å². The lowest BCUT2D eigenvalue weighted by atomic mass is 9.98. The van der Waals surface area contributed by atoms with E-state index in [-0.39, 0.29) is 23.7 Å². The zero-order valence-electron chi connectivity index (χ0n) is 22.7. The van der Waals surface area contributed by atoms with Crippen molar-refractivity contribution in [2.75, 3.05) is 6.61 Å². The van der Waals surface area contributed by atoms with Crippen molar-refractivity contribution in [3.8, 4) is 11.1 Å². The maximum atomic E-state index is 13.3. The molecule has 5 rings (SSSR count). The molecule has 0 unspecified atom stereocenters. The first-order chi connectivity index (χ1) is 19.0. The Labute approximate surface area is 232 Å². The third-order valence-electron chi connectivity index (χ3n) is 6.82. The molecule has 0 bridgehead atoms. The lowest BCUT2D eigenvalue weighted by molar-refractivity contribution is -0.177. The number of nitrogens with one attached hydrogen (secondary N) is 1. The molecule has 1 aliphatic heterocycles. The normalized spacial score (nSPS) is 15.7. The van der Waals surface area contributed by atoms with E-state index in [0.29, 0.717) is 5.06 Å². The SMILES string of the molecule is C[C@@H](OC(C)(C)C)[C@H](NC(=O)OCC1c2ccccc2-c2ccccc21)C(=O)ON1C(=O)c2ccccc2C1=O. The average Bonchev–Trinajstić information content (AvgIpc) is 3.37. The topological polar surface area (TPSA) is 111 Å². The summed E-state index contributed by atoms with van der Waals surface area (Å²) in [6, 6.07) is 20.7. The van der Waals surface area contributed by atoms with Gasteiger partial charge in [0.2, 0.25) is 0 Å². The van der Waals surface area contributed by atoms with Crippen molar-refractivity contribution in [2.24, 2.45) is 0 Å². The third-order valence-corrected chi connectivity index (χ3v) is 6.82. The van der Waals surface area contributed by atoms with Crippen LogP contribution in [0.25, 0.3) is 11.1 Å². The van der Waals surface area contributed by atoms with E-state index in [2.05, 4.69) is 5.32 Å². The van der Waals surface area contributed by atoms with Crippen LogP contribution in [-0.4, -0.2) is 53.3 Å². The molecule has 0 fully saturated rings. The van der Waals surface area contributed by atoms with Crippen LogP contribution in [0, 0.1) is 0 Å². The Kier molecular flexibility index (Phi) is 7.16. The van der Waals surface area contributed by atoms with Crippen molar-refractivity contribution >= 4 is 23.9 Å². The summed E-state index contributed by atoms with van der Waals surface area (Å²) in [5.41, 5.74) is 3.84. The number of ether oxygens (including phenoxy) is 2. The Balaban J connectivity index is 1.30. The van der Waals surface area contributed by atoms with E-state index in [1.807, 2.05) is 48.5 Å². The average molecular weight is 543 g/mol. The van der Waals surface area contributed by atoms with Gasteiger partial charge in [-0.2, -0.15) is 0 Å². The van der Waals surface area contributed by atoms with Gasteiger partial charge in [0.1, 0.15) is 6.61 Å². The molecule has 0 saturated heterocycles. The van der Waals surface area contributed by atoms with Crippen molar-refractivity contribution in [2.45, 2.75) is 51.4 Å². The number of fused-ring (bicyclic) bond motifs is 4. The van der Waals surface area contributed by atoms with Crippen LogP contribution < -0.4 is 5.32 Å². The summed E-state index contributed by atoms with van der Waals surface area (Å²) in [6.45, 7) is 7.01. The number of carbonyl (C=O) groups excluding carboxylic acids is 4. The van der Waals surface area contributed by atoms with Crippen LogP contribution in [0.1, 0.15) is 65.5 Å². The summed E-state index contributed by atoms with van der Waals surface area (Å²) in [7, 11) is 0. The second kappa shape index (κ2) is 10.6. The van der Waals surface area contributed by atoms with Gasteiger partial charge in [0.05, 0.1) is 22.8 Å². The van der Waals surface area contributed by atoms with Gasteiger partial charge in [0, 0.05) is 5.92 Å². The number of carbonyl (C=O) groups is 4.